The summed E-state index contributed by atoms with van der Waals surface area (Å²) in [5.41, 5.74) is 0. The monoisotopic (exact) mass is 623 g/mol. The molecule has 6 N–H and O–H groups in total. The Hall–Kier alpha value is 0.903. The summed E-state index contributed by atoms with van der Waals surface area (Å²) in [7, 11) is 0. The first-order chi connectivity index (χ1) is 16.4. The van der Waals surface area contributed by atoms with Crippen molar-refractivity contribution in [2.45, 2.75) is 114 Å². The number of rotatable bonds is 17. The van der Waals surface area contributed by atoms with Gasteiger partial charge in [-0.15, -0.1) is 0 Å². The van der Waals surface area contributed by atoms with Gasteiger partial charge in [0.15, 0.2) is 0 Å². The average Bonchev–Trinajstić information content (AvgIpc) is 2.75. The molecule has 0 heterocycles. The third kappa shape index (κ3) is 39.6. The minimum Gasteiger partial charge on any atom is -0.325 e. The van der Waals surface area contributed by atoms with Crippen molar-refractivity contribution in [2.24, 2.45) is 0 Å². The third-order valence-corrected chi connectivity index (χ3v) is 15.1. The summed E-state index contributed by atoms with van der Waals surface area (Å²) in [4.78, 5) is 45.3. The second-order valence-electron chi connectivity index (χ2n) is 9.32. The van der Waals surface area contributed by atoms with Crippen molar-refractivity contribution in [2.75, 3.05) is 0 Å². The maximum Gasteiger partial charge on any atom is 0.319 e. The van der Waals surface area contributed by atoms with Crippen LogP contribution < -0.4 is 4.16 Å². The molecule has 0 aliphatic heterocycles. The van der Waals surface area contributed by atoms with Crippen molar-refractivity contribution in [3.63, 3.8) is 0 Å². The van der Waals surface area contributed by atoms with Gasteiger partial charge in [-0.1, -0.05) is 0 Å². The van der Waals surface area contributed by atoms with Gasteiger partial charge < -0.3 is 29.4 Å². The van der Waals surface area contributed by atoms with Gasteiger partial charge >= 0.3 is 178 Å². The SMILES string of the molecule is CCCCCCCC[CH2][Zn]([CH2]CCCCCCCC)[c]1ccccc1.OP(O)(O)=S.OP(O)(O)=S. The Balaban J connectivity index is 0. The van der Waals surface area contributed by atoms with Gasteiger partial charge in [0.2, 0.25) is 0 Å². The second-order valence-corrected chi connectivity index (χ2v) is 22.6. The first-order valence-corrected chi connectivity index (χ1v) is 24.2. The fourth-order valence-electron chi connectivity index (χ4n) is 4.27. The van der Waals surface area contributed by atoms with Gasteiger partial charge in [-0.3, -0.25) is 0 Å². The van der Waals surface area contributed by atoms with Crippen LogP contribution in [0.2, 0.25) is 10.0 Å². The predicted molar refractivity (Wildman–Crippen MR) is 154 cm³/mol. The van der Waals surface area contributed by atoms with Gasteiger partial charge in [0.25, 0.3) is 0 Å². The maximum absolute atomic E-state index is 7.56. The number of unbranched alkanes of at least 4 members (excludes halogenated alkanes) is 12. The minimum atomic E-state index is -3.81. The van der Waals surface area contributed by atoms with E-state index < -0.39 is 29.4 Å². The molecule has 0 spiro atoms. The van der Waals surface area contributed by atoms with Crippen molar-refractivity contribution < 1.29 is 45.3 Å². The van der Waals surface area contributed by atoms with Gasteiger partial charge in [0, 0.05) is 0 Å². The molecule has 6 nitrogen and oxygen atoms in total. The van der Waals surface area contributed by atoms with Gasteiger partial charge in [-0.2, -0.15) is 0 Å². The summed E-state index contributed by atoms with van der Waals surface area (Å²) in [5.74, 6) is 0. The summed E-state index contributed by atoms with van der Waals surface area (Å²) < 4.78 is 1.79. The molecule has 0 atom stereocenters. The first kappa shape index (κ1) is 38.1. The summed E-state index contributed by atoms with van der Waals surface area (Å²) in [6.45, 7) is -2.99. The molecule has 1 aromatic rings. The van der Waals surface area contributed by atoms with Crippen molar-refractivity contribution in [1.82, 2.24) is 0 Å². The zero-order valence-corrected chi connectivity index (χ0v) is 28.2. The fraction of sp³-hybridized carbons (Fsp3) is 0.750. The largest absolute Gasteiger partial charge is 0.325 e. The van der Waals surface area contributed by atoms with E-state index in [0.29, 0.717) is 0 Å². The van der Waals surface area contributed by atoms with Crippen LogP contribution in [0.3, 0.4) is 0 Å². The number of benzene rings is 1. The van der Waals surface area contributed by atoms with Gasteiger partial charge in [-0.25, -0.2) is 0 Å². The normalized spacial score (nSPS) is 11.2. The molecule has 11 heteroatoms. The molecular formula is C24H49O6P2S2Zn. The van der Waals surface area contributed by atoms with Gasteiger partial charge in [-0.05, 0) is 23.6 Å². The summed E-state index contributed by atoms with van der Waals surface area (Å²) in [5, 5.41) is 3.21. The number of hydrogen-bond acceptors (Lipinski definition) is 2. The van der Waals surface area contributed by atoms with E-state index in [9.17, 15) is 0 Å². The molecule has 1 aromatic carbocycles. The topological polar surface area (TPSA) is 121 Å². The van der Waals surface area contributed by atoms with Gasteiger partial charge in [0.05, 0.1) is 0 Å². The Bertz CT molecular complexity index is 619. The van der Waals surface area contributed by atoms with Crippen LogP contribution in [0.25, 0.3) is 0 Å². The van der Waals surface area contributed by atoms with Crippen LogP contribution in [0.4, 0.5) is 0 Å². The Morgan fingerprint density at radius 3 is 1.14 bits per heavy atom. The van der Waals surface area contributed by atoms with Gasteiger partial charge in [0.1, 0.15) is 0 Å². The molecule has 0 saturated carbocycles. The van der Waals surface area contributed by atoms with Crippen LogP contribution in [0, 0.1) is 0 Å². The Morgan fingerprint density at radius 2 is 0.829 bits per heavy atom. The first-order valence-electron chi connectivity index (χ1n) is 13.2. The smallest absolute Gasteiger partial charge is 0.319 e. The van der Waals surface area contributed by atoms with Crippen molar-refractivity contribution in [3.8, 4) is 0 Å². The Morgan fingerprint density at radius 1 is 0.543 bits per heavy atom. The molecule has 0 saturated heterocycles. The van der Waals surface area contributed by atoms with Crippen LogP contribution in [0.1, 0.15) is 104 Å². The van der Waals surface area contributed by atoms with Crippen LogP contribution in [-0.2, 0) is 39.6 Å². The molecule has 0 unspecified atom stereocenters. The molecule has 35 heavy (non-hydrogen) atoms. The molecule has 0 fully saturated rings. The van der Waals surface area contributed by atoms with Crippen LogP contribution in [0.5, 0.6) is 0 Å². The number of hydrogen-bond donors (Lipinski definition) is 6. The van der Waals surface area contributed by atoms with Crippen molar-refractivity contribution in [1.29, 1.82) is 0 Å². The molecule has 0 bridgehead atoms. The minimum absolute atomic E-state index is 1.37. The molecule has 0 aliphatic rings. The van der Waals surface area contributed by atoms with Crippen LogP contribution in [-0.4, -0.2) is 29.4 Å². The average molecular weight is 625 g/mol. The van der Waals surface area contributed by atoms with E-state index >= 15 is 0 Å². The Labute approximate surface area is 229 Å². The quantitative estimate of drug-likeness (QED) is 0.0648. The predicted octanol–water partition coefficient (Wildman–Crippen LogP) is 6.64. The van der Waals surface area contributed by atoms with Crippen LogP contribution >= 0.6 is 13.4 Å². The Kier molecular flexibility index (Phi) is 27.4. The molecule has 0 radical (unpaired) electrons. The zero-order valence-electron chi connectivity index (χ0n) is 21.8. The standard InChI is InChI=1S/2C9H19.C6H5.2H3O3PS.Zn/c2*1-3-5-7-9-8-6-4-2;1-2-4-6-5-3-1;2*1-4(2,3)5;/h2*1,3-9H2,2H3;1-5H;2*(H3,1,2,3,5);. The molecule has 0 amide bonds. The van der Waals surface area contributed by atoms with Crippen LogP contribution in [0.15, 0.2) is 30.3 Å². The summed E-state index contributed by atoms with van der Waals surface area (Å²) >= 11 is 5.73. The molecular weight excluding hydrogens is 576 g/mol. The van der Waals surface area contributed by atoms with E-state index in [1.807, 2.05) is 0 Å². The maximum atomic E-state index is 7.56. The van der Waals surface area contributed by atoms with Crippen molar-refractivity contribution >= 4 is 41.2 Å². The van der Waals surface area contributed by atoms with Crippen molar-refractivity contribution in [3.05, 3.63) is 30.3 Å². The van der Waals surface area contributed by atoms with E-state index in [-0.39, 0.29) is 0 Å². The fourth-order valence-corrected chi connectivity index (χ4v) is 12.7. The molecule has 1 rings (SSSR count). The molecule has 0 aromatic heterocycles. The van der Waals surface area contributed by atoms with E-state index in [0.717, 1.165) is 0 Å². The zero-order chi connectivity index (χ0) is 27.0. The second kappa shape index (κ2) is 25.2. The summed E-state index contributed by atoms with van der Waals surface area (Å²) in [6.07, 6.45) is 20.4. The summed E-state index contributed by atoms with van der Waals surface area (Å²) in [6, 6.07) is 11.6. The molecule has 205 valence electrons. The van der Waals surface area contributed by atoms with E-state index in [1.54, 1.807) is 14.2 Å². The van der Waals surface area contributed by atoms with E-state index in [4.69, 9.17) is 29.4 Å². The van der Waals surface area contributed by atoms with E-state index in [2.05, 4.69) is 67.8 Å². The third-order valence-electron chi connectivity index (χ3n) is 5.98. The molecule has 0 aliphatic carbocycles. The van der Waals surface area contributed by atoms with E-state index in [1.165, 1.54) is 89.9 Å².